The van der Waals surface area contributed by atoms with Crippen molar-refractivity contribution in [1.29, 1.82) is 0 Å². The lowest BCUT2D eigenvalue weighted by atomic mass is 10.00. The molecule has 0 fully saturated rings. The molecule has 3 N–H and O–H groups in total. The molecule has 0 saturated heterocycles. The lowest BCUT2D eigenvalue weighted by Crippen LogP contribution is -2.42. The molecular formula is C18H23N3O3. The maximum absolute atomic E-state index is 12.4. The number of fused-ring (bicyclic) bond motifs is 1. The van der Waals surface area contributed by atoms with Crippen LogP contribution in [0, 0.1) is 5.92 Å². The Kier molecular flexibility index (Phi) is 4.85. The van der Waals surface area contributed by atoms with E-state index < -0.39 is 0 Å². The summed E-state index contributed by atoms with van der Waals surface area (Å²) < 4.78 is 5.51. The quantitative estimate of drug-likeness (QED) is 0.758. The number of carbonyl (C=O) groups is 1. The highest BCUT2D eigenvalue weighted by atomic mass is 16.5. The average Bonchev–Trinajstić information content (AvgIpc) is 3.26. The second-order valence-electron chi connectivity index (χ2n) is 6.24. The smallest absolute Gasteiger partial charge is 0.269 e. The molecule has 128 valence electrons. The molecule has 1 aromatic carbocycles. The van der Waals surface area contributed by atoms with Crippen LogP contribution in [-0.2, 0) is 6.42 Å². The van der Waals surface area contributed by atoms with Crippen LogP contribution in [-0.4, -0.2) is 40.5 Å². The minimum Gasteiger partial charge on any atom is -0.493 e. The molecule has 0 spiro atoms. The van der Waals surface area contributed by atoms with Crippen LogP contribution < -0.4 is 10.1 Å². The van der Waals surface area contributed by atoms with Crippen molar-refractivity contribution in [3.05, 3.63) is 35.5 Å². The first-order chi connectivity index (χ1) is 11.6. The summed E-state index contributed by atoms with van der Waals surface area (Å²) in [6.45, 7) is 4.68. The van der Waals surface area contributed by atoms with Gasteiger partial charge in [0, 0.05) is 12.0 Å². The van der Waals surface area contributed by atoms with Gasteiger partial charge in [-0.15, -0.1) is 0 Å². The summed E-state index contributed by atoms with van der Waals surface area (Å²) in [5.74, 6) is 0.877. The molecular weight excluding hydrogens is 306 g/mol. The Balaban J connectivity index is 1.74. The van der Waals surface area contributed by atoms with Crippen molar-refractivity contribution in [2.75, 3.05) is 13.2 Å². The van der Waals surface area contributed by atoms with Crippen molar-refractivity contribution >= 4 is 5.91 Å². The Hall–Kier alpha value is -2.34. The fourth-order valence-electron chi connectivity index (χ4n) is 2.83. The Bertz CT molecular complexity index is 726. The summed E-state index contributed by atoms with van der Waals surface area (Å²) in [6, 6.07) is 7.41. The van der Waals surface area contributed by atoms with Crippen LogP contribution in [0.15, 0.2) is 24.3 Å². The van der Waals surface area contributed by atoms with Gasteiger partial charge in [0.05, 0.1) is 24.9 Å². The number of hydrogen-bond donors (Lipinski definition) is 3. The molecule has 0 radical (unpaired) electrons. The van der Waals surface area contributed by atoms with Gasteiger partial charge in [-0.1, -0.05) is 20.3 Å². The van der Waals surface area contributed by atoms with Gasteiger partial charge >= 0.3 is 0 Å². The van der Waals surface area contributed by atoms with Crippen LogP contribution in [0.1, 0.15) is 36.3 Å². The third kappa shape index (κ3) is 3.28. The number of rotatable bonds is 6. The SMILES string of the molecule is CCC(C)C(CO)NC(=O)c1cc(-c2ccc3c(c2)CCO3)n[nH]1. The van der Waals surface area contributed by atoms with Crippen LogP contribution in [0.4, 0.5) is 0 Å². The van der Waals surface area contributed by atoms with Crippen molar-refractivity contribution in [2.24, 2.45) is 5.92 Å². The van der Waals surface area contributed by atoms with E-state index in [0.29, 0.717) is 12.3 Å². The standard InChI is InChI=1S/C18H23N3O3/c1-3-11(2)16(10-22)19-18(23)15-9-14(20-21-15)12-4-5-17-13(8-12)6-7-24-17/h4-5,8-9,11,16,22H,3,6-7,10H2,1-2H3,(H,19,23)(H,20,21). The Morgan fingerprint density at radius 2 is 2.29 bits per heavy atom. The van der Waals surface area contributed by atoms with Crippen LogP contribution in [0.3, 0.4) is 0 Å². The fraction of sp³-hybridized carbons (Fsp3) is 0.444. The van der Waals surface area contributed by atoms with Gasteiger partial charge in [0.15, 0.2) is 0 Å². The monoisotopic (exact) mass is 329 g/mol. The number of hydrogen-bond acceptors (Lipinski definition) is 4. The third-order valence-electron chi connectivity index (χ3n) is 4.65. The predicted octanol–water partition coefficient (Wildman–Crippen LogP) is 2.15. The zero-order chi connectivity index (χ0) is 17.1. The normalized spacial score (nSPS) is 15.5. The van der Waals surface area contributed by atoms with E-state index in [2.05, 4.69) is 21.6 Å². The molecule has 2 unspecified atom stereocenters. The van der Waals surface area contributed by atoms with E-state index in [0.717, 1.165) is 29.8 Å². The second-order valence-corrected chi connectivity index (χ2v) is 6.24. The molecule has 1 aromatic heterocycles. The molecule has 1 aliphatic heterocycles. The van der Waals surface area contributed by atoms with E-state index in [4.69, 9.17) is 4.74 Å². The molecule has 2 heterocycles. The summed E-state index contributed by atoms with van der Waals surface area (Å²) >= 11 is 0. The first kappa shape index (κ1) is 16.5. The van der Waals surface area contributed by atoms with Crippen molar-refractivity contribution in [2.45, 2.75) is 32.7 Å². The number of nitrogens with one attached hydrogen (secondary N) is 2. The van der Waals surface area contributed by atoms with Gasteiger partial charge < -0.3 is 15.2 Å². The second kappa shape index (κ2) is 7.05. The van der Waals surface area contributed by atoms with Gasteiger partial charge in [-0.2, -0.15) is 5.10 Å². The van der Waals surface area contributed by atoms with Crippen molar-refractivity contribution < 1.29 is 14.6 Å². The zero-order valence-electron chi connectivity index (χ0n) is 14.0. The van der Waals surface area contributed by atoms with Crippen LogP contribution >= 0.6 is 0 Å². The summed E-state index contributed by atoms with van der Waals surface area (Å²) in [7, 11) is 0. The fourth-order valence-corrected chi connectivity index (χ4v) is 2.83. The van der Waals surface area contributed by atoms with Crippen molar-refractivity contribution in [3.8, 4) is 17.0 Å². The largest absolute Gasteiger partial charge is 0.493 e. The van der Waals surface area contributed by atoms with Crippen molar-refractivity contribution in [3.63, 3.8) is 0 Å². The molecule has 24 heavy (non-hydrogen) atoms. The molecule has 3 rings (SSSR count). The number of H-pyrrole nitrogens is 1. The molecule has 0 bridgehead atoms. The number of aliphatic hydroxyl groups excluding tert-OH is 1. The minimum absolute atomic E-state index is 0.0768. The lowest BCUT2D eigenvalue weighted by molar-refractivity contribution is 0.0886. The number of benzene rings is 1. The summed E-state index contributed by atoms with van der Waals surface area (Å²) in [5, 5.41) is 19.3. The Morgan fingerprint density at radius 3 is 3.04 bits per heavy atom. The maximum atomic E-state index is 12.4. The van der Waals surface area contributed by atoms with Gasteiger partial charge in [-0.25, -0.2) is 0 Å². The lowest BCUT2D eigenvalue weighted by Gasteiger charge is -2.21. The number of aliphatic hydroxyl groups is 1. The predicted molar refractivity (Wildman–Crippen MR) is 91.0 cm³/mol. The maximum Gasteiger partial charge on any atom is 0.269 e. The molecule has 0 aliphatic carbocycles. The molecule has 6 nitrogen and oxygen atoms in total. The van der Waals surface area contributed by atoms with Gasteiger partial charge in [0.2, 0.25) is 0 Å². The molecule has 6 heteroatoms. The van der Waals surface area contributed by atoms with Gasteiger partial charge in [0.1, 0.15) is 11.4 Å². The van der Waals surface area contributed by atoms with Crippen LogP contribution in [0.5, 0.6) is 5.75 Å². The molecule has 2 aromatic rings. The van der Waals surface area contributed by atoms with Gasteiger partial charge in [-0.05, 0) is 35.7 Å². The van der Waals surface area contributed by atoms with E-state index in [9.17, 15) is 9.90 Å². The van der Waals surface area contributed by atoms with E-state index in [1.165, 1.54) is 5.56 Å². The first-order valence-electron chi connectivity index (χ1n) is 8.35. The summed E-state index contributed by atoms with van der Waals surface area (Å²) in [5.41, 5.74) is 3.23. The highest BCUT2D eigenvalue weighted by Gasteiger charge is 2.20. The Morgan fingerprint density at radius 1 is 1.46 bits per heavy atom. The van der Waals surface area contributed by atoms with Crippen LogP contribution in [0.25, 0.3) is 11.3 Å². The summed E-state index contributed by atoms with van der Waals surface area (Å²) in [6.07, 6.45) is 1.78. The number of amides is 1. The van der Waals surface area contributed by atoms with Crippen LogP contribution in [0.2, 0.25) is 0 Å². The Labute approximate surface area is 141 Å². The molecule has 2 atom stereocenters. The van der Waals surface area contributed by atoms with E-state index in [1.54, 1.807) is 6.07 Å². The third-order valence-corrected chi connectivity index (χ3v) is 4.65. The van der Waals surface area contributed by atoms with Gasteiger partial charge in [-0.3, -0.25) is 9.89 Å². The van der Waals surface area contributed by atoms with Gasteiger partial charge in [0.25, 0.3) is 5.91 Å². The minimum atomic E-state index is -0.258. The highest BCUT2D eigenvalue weighted by molar-refractivity contribution is 5.93. The number of aromatic nitrogens is 2. The first-order valence-corrected chi connectivity index (χ1v) is 8.35. The molecule has 1 amide bonds. The molecule has 1 aliphatic rings. The molecule has 0 saturated carbocycles. The number of aromatic amines is 1. The summed E-state index contributed by atoms with van der Waals surface area (Å²) in [4.78, 5) is 12.4. The zero-order valence-corrected chi connectivity index (χ0v) is 14.0. The van der Waals surface area contributed by atoms with E-state index >= 15 is 0 Å². The van der Waals surface area contributed by atoms with E-state index in [1.807, 2.05) is 26.0 Å². The topological polar surface area (TPSA) is 87.2 Å². The number of carbonyl (C=O) groups excluding carboxylic acids is 1. The average molecular weight is 329 g/mol. The van der Waals surface area contributed by atoms with Crippen molar-refractivity contribution in [1.82, 2.24) is 15.5 Å². The highest BCUT2D eigenvalue weighted by Crippen LogP contribution is 2.29. The number of nitrogens with zero attached hydrogens (tertiary/aromatic N) is 1. The van der Waals surface area contributed by atoms with E-state index in [-0.39, 0.29) is 24.5 Å². The number of ether oxygens (including phenoxy) is 1.